The summed E-state index contributed by atoms with van der Waals surface area (Å²) in [6.45, 7) is 3.91. The van der Waals surface area contributed by atoms with Crippen molar-refractivity contribution in [3.05, 3.63) is 28.8 Å². The predicted octanol–water partition coefficient (Wildman–Crippen LogP) is 4.12. The summed E-state index contributed by atoms with van der Waals surface area (Å²) in [4.78, 5) is 24.9. The number of carbonyl (C=O) groups is 2. The fourth-order valence-electron chi connectivity index (χ4n) is 2.32. The molecule has 27 heavy (non-hydrogen) atoms. The van der Waals surface area contributed by atoms with Crippen LogP contribution in [0.3, 0.4) is 0 Å². The van der Waals surface area contributed by atoms with Crippen LogP contribution in [0.1, 0.15) is 36.8 Å². The Morgan fingerprint density at radius 3 is 2.70 bits per heavy atom. The fraction of sp³-hybridized carbons (Fsp3) is 0.375. The average Bonchev–Trinajstić information content (AvgIpc) is 3.03. The van der Waals surface area contributed by atoms with Gasteiger partial charge in [-0.25, -0.2) is 0 Å². The number of rotatable bonds is 4. The summed E-state index contributed by atoms with van der Waals surface area (Å²) in [6, 6.07) is 3.15. The normalized spacial score (nSPS) is 16.8. The maximum absolute atomic E-state index is 12.8. The van der Waals surface area contributed by atoms with Crippen LogP contribution in [0.25, 0.3) is 0 Å². The molecule has 0 saturated heterocycles. The summed E-state index contributed by atoms with van der Waals surface area (Å²) in [7, 11) is 0. The molecule has 3 rings (SSSR count). The third-order valence-electron chi connectivity index (χ3n) is 3.68. The van der Waals surface area contributed by atoms with Crippen molar-refractivity contribution in [2.24, 2.45) is 0 Å². The zero-order valence-electron chi connectivity index (χ0n) is 14.3. The molecule has 11 heteroatoms. The topological polar surface area (TPSA) is 84.0 Å². The van der Waals surface area contributed by atoms with Gasteiger partial charge >= 0.3 is 6.18 Å². The Labute approximate surface area is 160 Å². The number of nitrogens with one attached hydrogen (secondary N) is 2. The van der Waals surface area contributed by atoms with E-state index in [0.717, 1.165) is 28.9 Å². The Morgan fingerprint density at radius 1 is 1.33 bits per heavy atom. The van der Waals surface area contributed by atoms with E-state index in [9.17, 15) is 22.8 Å². The van der Waals surface area contributed by atoms with E-state index >= 15 is 0 Å². The second kappa shape index (κ2) is 7.47. The average molecular weight is 416 g/mol. The van der Waals surface area contributed by atoms with Crippen LogP contribution in [-0.2, 0) is 15.8 Å². The lowest BCUT2D eigenvalue weighted by Crippen LogP contribution is -2.32. The van der Waals surface area contributed by atoms with Gasteiger partial charge in [0.1, 0.15) is 5.01 Å². The number of hydrogen-bond donors (Lipinski definition) is 2. The molecule has 6 nitrogen and oxygen atoms in total. The Balaban J connectivity index is 1.66. The smallest absolute Gasteiger partial charge is 0.324 e. The molecule has 0 radical (unpaired) electrons. The molecule has 0 bridgehead atoms. The summed E-state index contributed by atoms with van der Waals surface area (Å²) in [5, 5.41) is 13.3. The van der Waals surface area contributed by atoms with Crippen LogP contribution in [0, 0.1) is 0 Å². The van der Waals surface area contributed by atoms with E-state index in [1.807, 2.05) is 13.8 Å². The quantitative estimate of drug-likeness (QED) is 0.783. The molecule has 1 aromatic carbocycles. The molecule has 0 saturated carbocycles. The molecule has 2 amide bonds. The van der Waals surface area contributed by atoms with E-state index in [4.69, 9.17) is 0 Å². The van der Waals surface area contributed by atoms with Crippen LogP contribution in [-0.4, -0.2) is 27.3 Å². The number of alkyl halides is 3. The number of benzene rings is 1. The monoisotopic (exact) mass is 416 g/mol. The van der Waals surface area contributed by atoms with Gasteiger partial charge in [0.15, 0.2) is 0 Å². The van der Waals surface area contributed by atoms with Crippen molar-refractivity contribution in [3.8, 4) is 0 Å². The minimum Gasteiger partial charge on any atom is -0.324 e. The molecule has 2 heterocycles. The first-order chi connectivity index (χ1) is 12.6. The van der Waals surface area contributed by atoms with E-state index in [-0.39, 0.29) is 18.0 Å². The summed E-state index contributed by atoms with van der Waals surface area (Å²) in [5.41, 5.74) is -0.738. The van der Waals surface area contributed by atoms with Crippen molar-refractivity contribution in [3.63, 3.8) is 0 Å². The van der Waals surface area contributed by atoms with Crippen LogP contribution in [0.5, 0.6) is 0 Å². The van der Waals surface area contributed by atoms with Crippen LogP contribution < -0.4 is 10.6 Å². The number of thioether (sulfide) groups is 1. The standard InChI is InChI=1S/C16H15F3N4O2S2/c1-7(2)14-22-23-15(27-14)21-12(24)6-11-13(25)20-9-5-8(16(17,18)19)3-4-10(9)26-11/h3-5,7,11H,6H2,1-2H3,(H,20,25)(H,21,23,24)/t11-/m0/s1. The molecular formula is C16H15F3N4O2S2. The molecular weight excluding hydrogens is 401 g/mol. The third-order valence-corrected chi connectivity index (χ3v) is 6.09. The Morgan fingerprint density at radius 2 is 2.07 bits per heavy atom. The Hall–Kier alpha value is -2.14. The number of nitrogens with zero attached hydrogens (tertiary/aromatic N) is 2. The molecule has 0 unspecified atom stereocenters. The molecule has 1 aromatic heterocycles. The van der Waals surface area contributed by atoms with Gasteiger partial charge in [-0.1, -0.05) is 25.2 Å². The highest BCUT2D eigenvalue weighted by Crippen LogP contribution is 2.40. The molecule has 2 aromatic rings. The van der Waals surface area contributed by atoms with Crippen molar-refractivity contribution in [2.75, 3.05) is 10.6 Å². The van der Waals surface area contributed by atoms with Gasteiger partial charge in [0.25, 0.3) is 0 Å². The zero-order valence-corrected chi connectivity index (χ0v) is 15.9. The summed E-state index contributed by atoms with van der Waals surface area (Å²) in [5.74, 6) is -0.738. The lowest BCUT2D eigenvalue weighted by molar-refractivity contribution is -0.137. The zero-order chi connectivity index (χ0) is 19.8. The molecule has 0 fully saturated rings. The first kappa shape index (κ1) is 19.6. The summed E-state index contributed by atoms with van der Waals surface area (Å²) >= 11 is 2.32. The number of amides is 2. The maximum Gasteiger partial charge on any atom is 0.416 e. The van der Waals surface area contributed by atoms with Gasteiger partial charge in [0.05, 0.1) is 16.5 Å². The van der Waals surface area contributed by atoms with Gasteiger partial charge in [-0.3, -0.25) is 9.59 Å². The van der Waals surface area contributed by atoms with Crippen molar-refractivity contribution < 1.29 is 22.8 Å². The van der Waals surface area contributed by atoms with Crippen molar-refractivity contribution in [1.82, 2.24) is 10.2 Å². The first-order valence-electron chi connectivity index (χ1n) is 7.95. The van der Waals surface area contributed by atoms with Crippen molar-refractivity contribution >= 4 is 45.7 Å². The SMILES string of the molecule is CC(C)c1nnc(NC(=O)C[C@@H]2Sc3ccc(C(F)(F)F)cc3NC2=O)s1. The summed E-state index contributed by atoms with van der Waals surface area (Å²) < 4.78 is 38.3. The van der Waals surface area contributed by atoms with Crippen molar-refractivity contribution in [1.29, 1.82) is 0 Å². The van der Waals surface area contributed by atoms with Crippen LogP contribution in [0.4, 0.5) is 24.0 Å². The maximum atomic E-state index is 12.8. The number of fused-ring (bicyclic) bond motifs is 1. The lowest BCUT2D eigenvalue weighted by atomic mass is 10.1. The Bertz CT molecular complexity index is 883. The van der Waals surface area contributed by atoms with Gasteiger partial charge in [0.2, 0.25) is 16.9 Å². The number of hydrogen-bond acceptors (Lipinski definition) is 6. The van der Waals surface area contributed by atoms with Gasteiger partial charge in [0, 0.05) is 17.2 Å². The minimum atomic E-state index is -4.49. The van der Waals surface area contributed by atoms with E-state index < -0.39 is 28.8 Å². The number of aromatic nitrogens is 2. The van der Waals surface area contributed by atoms with E-state index in [1.165, 1.54) is 17.4 Å². The highest BCUT2D eigenvalue weighted by atomic mass is 32.2. The van der Waals surface area contributed by atoms with Gasteiger partial charge in [-0.2, -0.15) is 13.2 Å². The van der Waals surface area contributed by atoms with E-state index in [2.05, 4.69) is 20.8 Å². The molecule has 2 N–H and O–H groups in total. The Kier molecular flexibility index (Phi) is 5.43. The largest absolute Gasteiger partial charge is 0.416 e. The lowest BCUT2D eigenvalue weighted by Gasteiger charge is -2.24. The predicted molar refractivity (Wildman–Crippen MR) is 97.0 cm³/mol. The highest BCUT2D eigenvalue weighted by molar-refractivity contribution is 8.01. The number of halogens is 3. The van der Waals surface area contributed by atoms with Crippen LogP contribution in [0.2, 0.25) is 0 Å². The van der Waals surface area contributed by atoms with E-state index in [0.29, 0.717) is 10.0 Å². The van der Waals surface area contributed by atoms with E-state index in [1.54, 1.807) is 0 Å². The fourth-order valence-corrected chi connectivity index (χ4v) is 4.17. The summed E-state index contributed by atoms with van der Waals surface area (Å²) in [6.07, 6.45) is -4.62. The third kappa shape index (κ3) is 4.59. The van der Waals surface area contributed by atoms with Gasteiger partial charge in [-0.05, 0) is 18.2 Å². The number of anilines is 2. The molecule has 1 atom stereocenters. The van der Waals surface area contributed by atoms with Crippen LogP contribution >= 0.6 is 23.1 Å². The second-order valence-electron chi connectivity index (χ2n) is 6.16. The molecule has 1 aliphatic rings. The molecule has 1 aliphatic heterocycles. The van der Waals surface area contributed by atoms with Gasteiger partial charge < -0.3 is 10.6 Å². The van der Waals surface area contributed by atoms with Crippen LogP contribution in [0.15, 0.2) is 23.1 Å². The highest BCUT2D eigenvalue weighted by Gasteiger charge is 2.34. The first-order valence-corrected chi connectivity index (χ1v) is 9.65. The van der Waals surface area contributed by atoms with Crippen molar-refractivity contribution in [2.45, 2.75) is 42.5 Å². The molecule has 0 spiro atoms. The van der Waals surface area contributed by atoms with Gasteiger partial charge in [-0.15, -0.1) is 22.0 Å². The molecule has 0 aliphatic carbocycles. The molecule has 144 valence electrons. The second-order valence-corrected chi connectivity index (χ2v) is 8.41. The minimum absolute atomic E-state index is 0.0992. The number of carbonyl (C=O) groups excluding carboxylic acids is 2.